The highest BCUT2D eigenvalue weighted by atomic mass is 16.3. The summed E-state index contributed by atoms with van der Waals surface area (Å²) in [7, 11) is 0. The number of rotatable bonds is 3. The molecule has 0 radical (unpaired) electrons. The molecule has 3 atom stereocenters. The van der Waals surface area contributed by atoms with Gasteiger partial charge in [0.2, 0.25) is 5.89 Å². The van der Waals surface area contributed by atoms with Crippen LogP contribution in [0.25, 0.3) is 0 Å². The lowest BCUT2D eigenvalue weighted by Gasteiger charge is -2.40. The number of carbonyl (C=O) groups excluding carboxylic acids is 1. The molecule has 1 saturated carbocycles. The average Bonchev–Trinajstić information content (AvgIpc) is 3.14. The van der Waals surface area contributed by atoms with Crippen LogP contribution in [-0.2, 0) is 6.54 Å². The number of fused-ring (bicyclic) bond motifs is 1. The fourth-order valence-electron chi connectivity index (χ4n) is 3.90. The highest BCUT2D eigenvalue weighted by Crippen LogP contribution is 2.44. The van der Waals surface area contributed by atoms with E-state index >= 15 is 0 Å². The molecule has 6 nitrogen and oxygen atoms in total. The van der Waals surface area contributed by atoms with Crippen LogP contribution in [0.3, 0.4) is 0 Å². The van der Waals surface area contributed by atoms with Gasteiger partial charge in [0.1, 0.15) is 6.26 Å². The fourth-order valence-corrected chi connectivity index (χ4v) is 3.90. The van der Waals surface area contributed by atoms with E-state index in [2.05, 4.69) is 4.98 Å². The molecule has 1 saturated heterocycles. The predicted molar refractivity (Wildman–Crippen MR) is 76.4 cm³/mol. The number of nitrogens with two attached hydrogens (primary N) is 1. The first-order chi connectivity index (χ1) is 10.1. The minimum absolute atomic E-state index is 0.119. The number of carbonyl (C=O) groups is 1. The first-order valence-corrected chi connectivity index (χ1v) is 7.73. The first kappa shape index (κ1) is 14.5. The summed E-state index contributed by atoms with van der Waals surface area (Å²) in [6.45, 7) is 3.53. The quantitative estimate of drug-likeness (QED) is 0.872. The Morgan fingerprint density at radius 2 is 2.43 bits per heavy atom. The van der Waals surface area contributed by atoms with Crippen LogP contribution in [0.5, 0.6) is 0 Å². The number of hydrogen-bond acceptors (Lipinski definition) is 5. The molecule has 0 bridgehead atoms. The van der Waals surface area contributed by atoms with E-state index in [1.165, 1.54) is 6.26 Å². The van der Waals surface area contributed by atoms with Crippen LogP contribution >= 0.6 is 0 Å². The van der Waals surface area contributed by atoms with Crippen LogP contribution in [0.15, 0.2) is 10.7 Å². The third-order valence-corrected chi connectivity index (χ3v) is 5.16. The second-order valence-corrected chi connectivity index (χ2v) is 6.26. The Kier molecular flexibility index (Phi) is 3.75. The average molecular weight is 293 g/mol. The molecule has 0 spiro atoms. The van der Waals surface area contributed by atoms with Gasteiger partial charge in [-0.3, -0.25) is 4.79 Å². The lowest BCUT2D eigenvalue weighted by Crippen LogP contribution is -2.44. The number of aliphatic hydroxyl groups is 1. The maximum absolute atomic E-state index is 12.5. The molecule has 21 heavy (non-hydrogen) atoms. The van der Waals surface area contributed by atoms with Crippen LogP contribution in [-0.4, -0.2) is 39.6 Å². The monoisotopic (exact) mass is 293 g/mol. The molecule has 116 valence electrons. The van der Waals surface area contributed by atoms with Crippen molar-refractivity contribution in [3.8, 4) is 0 Å². The zero-order valence-electron chi connectivity index (χ0n) is 12.4. The van der Waals surface area contributed by atoms with Gasteiger partial charge in [-0.25, -0.2) is 4.98 Å². The van der Waals surface area contributed by atoms with Gasteiger partial charge in [-0.05, 0) is 25.2 Å². The van der Waals surface area contributed by atoms with E-state index in [0.29, 0.717) is 30.6 Å². The Morgan fingerprint density at radius 3 is 3.10 bits per heavy atom. The largest absolute Gasteiger partial charge is 0.447 e. The summed E-state index contributed by atoms with van der Waals surface area (Å²) >= 11 is 0. The molecule has 2 heterocycles. The van der Waals surface area contributed by atoms with Crippen LogP contribution in [0, 0.1) is 11.8 Å². The zero-order chi connectivity index (χ0) is 15.0. The number of likely N-dealkylation sites (tertiary alicyclic amines) is 1. The molecule has 2 fully saturated rings. The molecule has 1 aliphatic carbocycles. The molecule has 1 aliphatic heterocycles. The summed E-state index contributed by atoms with van der Waals surface area (Å²) < 4.78 is 5.14. The maximum atomic E-state index is 12.5. The number of nitrogens with zero attached hydrogens (tertiary/aromatic N) is 2. The number of hydrogen-bond donors (Lipinski definition) is 2. The minimum atomic E-state index is -0.621. The number of oxazole rings is 1. The molecule has 3 N–H and O–H groups in total. The van der Waals surface area contributed by atoms with Crippen LogP contribution in [0.4, 0.5) is 0 Å². The molecule has 6 heteroatoms. The lowest BCUT2D eigenvalue weighted by molar-refractivity contribution is -0.0609. The van der Waals surface area contributed by atoms with Gasteiger partial charge in [0.05, 0.1) is 12.1 Å². The normalized spacial score (nSPS) is 32.2. The molecule has 0 unspecified atom stereocenters. The molecule has 2 aliphatic rings. The molecular formula is C15H23N3O3. The lowest BCUT2D eigenvalue weighted by atomic mass is 9.69. The van der Waals surface area contributed by atoms with E-state index in [9.17, 15) is 9.90 Å². The van der Waals surface area contributed by atoms with Crippen molar-refractivity contribution in [1.82, 2.24) is 9.88 Å². The van der Waals surface area contributed by atoms with Crippen molar-refractivity contribution in [3.05, 3.63) is 17.8 Å². The Balaban J connectivity index is 1.75. The van der Waals surface area contributed by atoms with Gasteiger partial charge in [0, 0.05) is 19.0 Å². The van der Waals surface area contributed by atoms with E-state index in [1.807, 2.05) is 6.92 Å². The topological polar surface area (TPSA) is 92.6 Å². The van der Waals surface area contributed by atoms with Gasteiger partial charge in [-0.2, -0.15) is 0 Å². The van der Waals surface area contributed by atoms with E-state index < -0.39 is 5.60 Å². The van der Waals surface area contributed by atoms with E-state index in [1.54, 1.807) is 4.90 Å². The summed E-state index contributed by atoms with van der Waals surface area (Å²) in [5.41, 5.74) is 5.14. The standard InChI is InChI=1S/C15H23N3O3/c1-2-15(20)5-3-4-10-7-18(8-11(10)15)14(19)12-9-21-13(6-16)17-12/h9-11,20H,2-8,16H2,1H3/t10-,11+,15-/m1/s1. The first-order valence-electron chi connectivity index (χ1n) is 7.73. The van der Waals surface area contributed by atoms with E-state index in [-0.39, 0.29) is 18.4 Å². The second kappa shape index (κ2) is 5.42. The van der Waals surface area contributed by atoms with Crippen molar-refractivity contribution in [2.45, 2.75) is 44.8 Å². The highest BCUT2D eigenvalue weighted by Gasteiger charge is 2.48. The second-order valence-electron chi connectivity index (χ2n) is 6.26. The minimum Gasteiger partial charge on any atom is -0.447 e. The van der Waals surface area contributed by atoms with Gasteiger partial charge in [0.25, 0.3) is 5.91 Å². The molecular weight excluding hydrogens is 270 g/mol. The van der Waals surface area contributed by atoms with Gasteiger partial charge in [-0.15, -0.1) is 0 Å². The summed E-state index contributed by atoms with van der Waals surface area (Å²) in [4.78, 5) is 18.4. The SMILES string of the molecule is CC[C@@]1(O)CCC[C@@H]2CN(C(=O)c3coc(CN)n3)C[C@@H]21. The molecule has 1 aromatic heterocycles. The Labute approximate surface area is 124 Å². The van der Waals surface area contributed by atoms with Crippen molar-refractivity contribution < 1.29 is 14.3 Å². The van der Waals surface area contributed by atoms with E-state index in [4.69, 9.17) is 10.2 Å². The van der Waals surface area contributed by atoms with Gasteiger partial charge in [-0.1, -0.05) is 13.3 Å². The molecule has 0 aromatic carbocycles. The van der Waals surface area contributed by atoms with Crippen molar-refractivity contribution in [2.75, 3.05) is 13.1 Å². The van der Waals surface area contributed by atoms with Crippen LogP contribution in [0.2, 0.25) is 0 Å². The van der Waals surface area contributed by atoms with Crippen LogP contribution < -0.4 is 5.73 Å². The summed E-state index contributed by atoms with van der Waals surface area (Å²) in [6, 6.07) is 0. The summed E-state index contributed by atoms with van der Waals surface area (Å²) in [6.07, 6.45) is 5.09. The van der Waals surface area contributed by atoms with E-state index in [0.717, 1.165) is 25.7 Å². The Bertz CT molecular complexity index is 530. The Hall–Kier alpha value is -1.40. The fraction of sp³-hybridized carbons (Fsp3) is 0.733. The third kappa shape index (κ3) is 2.46. The molecule has 1 aromatic rings. The van der Waals surface area contributed by atoms with Crippen molar-refractivity contribution in [1.29, 1.82) is 0 Å². The van der Waals surface area contributed by atoms with Crippen molar-refractivity contribution in [3.63, 3.8) is 0 Å². The number of amides is 1. The van der Waals surface area contributed by atoms with Gasteiger partial charge < -0.3 is 20.2 Å². The van der Waals surface area contributed by atoms with Gasteiger partial charge >= 0.3 is 0 Å². The molecule has 1 amide bonds. The van der Waals surface area contributed by atoms with Crippen molar-refractivity contribution in [2.24, 2.45) is 17.6 Å². The van der Waals surface area contributed by atoms with Crippen LogP contribution in [0.1, 0.15) is 49.0 Å². The third-order valence-electron chi connectivity index (χ3n) is 5.16. The van der Waals surface area contributed by atoms with Crippen molar-refractivity contribution >= 4 is 5.91 Å². The highest BCUT2D eigenvalue weighted by molar-refractivity contribution is 5.92. The Morgan fingerprint density at radius 1 is 1.62 bits per heavy atom. The maximum Gasteiger partial charge on any atom is 0.275 e. The van der Waals surface area contributed by atoms with Gasteiger partial charge in [0.15, 0.2) is 5.69 Å². The molecule has 3 rings (SSSR count). The predicted octanol–water partition coefficient (Wildman–Crippen LogP) is 1.15. The zero-order valence-corrected chi connectivity index (χ0v) is 12.4. The number of aromatic nitrogens is 1. The smallest absolute Gasteiger partial charge is 0.275 e. The summed E-state index contributed by atoms with van der Waals surface area (Å²) in [5.74, 6) is 0.834. The summed E-state index contributed by atoms with van der Waals surface area (Å²) in [5, 5.41) is 10.8.